The second kappa shape index (κ2) is 6.73. The normalized spacial score (nSPS) is 11.2. The molecule has 0 amide bonds. The summed E-state index contributed by atoms with van der Waals surface area (Å²) in [6.45, 7) is 1.51. The lowest BCUT2D eigenvalue weighted by molar-refractivity contribution is 0.282. The zero-order chi connectivity index (χ0) is 15.4. The predicted octanol–water partition coefficient (Wildman–Crippen LogP) is 3.40. The average molecular weight is 299 g/mol. The lowest BCUT2D eigenvalue weighted by Crippen LogP contribution is -2.16. The summed E-state index contributed by atoms with van der Waals surface area (Å²) in [5, 5.41) is 13.1. The van der Waals surface area contributed by atoms with Crippen molar-refractivity contribution in [3.8, 4) is 0 Å². The van der Waals surface area contributed by atoms with Crippen molar-refractivity contribution in [2.24, 2.45) is 0 Å². The number of furan rings is 1. The fourth-order valence-corrected chi connectivity index (χ4v) is 2.41. The third-order valence-electron chi connectivity index (χ3n) is 3.62. The molecule has 0 unspecified atom stereocenters. The standard InChI is InChI=1S/C18H18FNO2/c19-16-5-6-18-15(9-16)10-17(22-18)11-20-8-7-13-1-3-14(12-21)4-2-13/h1-6,9-10,20-21H,7-8,11-12H2. The van der Waals surface area contributed by atoms with Crippen LogP contribution in [0.5, 0.6) is 0 Å². The van der Waals surface area contributed by atoms with Gasteiger partial charge in [-0.2, -0.15) is 0 Å². The van der Waals surface area contributed by atoms with Gasteiger partial charge in [0.05, 0.1) is 13.2 Å². The molecule has 2 N–H and O–H groups in total. The highest BCUT2D eigenvalue weighted by molar-refractivity contribution is 5.77. The zero-order valence-corrected chi connectivity index (χ0v) is 12.2. The molecule has 0 aliphatic heterocycles. The summed E-state index contributed by atoms with van der Waals surface area (Å²) in [4.78, 5) is 0. The number of hydrogen-bond donors (Lipinski definition) is 2. The van der Waals surface area contributed by atoms with Crippen LogP contribution in [-0.2, 0) is 19.6 Å². The van der Waals surface area contributed by atoms with Crippen LogP contribution < -0.4 is 5.32 Å². The van der Waals surface area contributed by atoms with Crippen molar-refractivity contribution in [3.63, 3.8) is 0 Å². The van der Waals surface area contributed by atoms with Crippen LogP contribution in [0, 0.1) is 5.82 Å². The minimum absolute atomic E-state index is 0.0746. The summed E-state index contributed by atoms with van der Waals surface area (Å²) in [5.74, 6) is 0.551. The van der Waals surface area contributed by atoms with Crippen molar-refractivity contribution in [2.75, 3.05) is 6.54 Å². The van der Waals surface area contributed by atoms with Gasteiger partial charge >= 0.3 is 0 Å². The van der Waals surface area contributed by atoms with Crippen LogP contribution in [0.25, 0.3) is 11.0 Å². The van der Waals surface area contributed by atoms with Gasteiger partial charge in [0.15, 0.2) is 0 Å². The van der Waals surface area contributed by atoms with Crippen LogP contribution in [0.2, 0.25) is 0 Å². The highest BCUT2D eigenvalue weighted by Gasteiger charge is 2.04. The number of rotatable bonds is 6. The van der Waals surface area contributed by atoms with Gasteiger partial charge in [0, 0.05) is 5.39 Å². The van der Waals surface area contributed by atoms with E-state index in [0.717, 1.165) is 29.7 Å². The zero-order valence-electron chi connectivity index (χ0n) is 12.2. The Morgan fingerprint density at radius 1 is 1.00 bits per heavy atom. The Balaban J connectivity index is 1.51. The van der Waals surface area contributed by atoms with Gasteiger partial charge in [0.25, 0.3) is 0 Å². The molecule has 3 nitrogen and oxygen atoms in total. The molecule has 0 radical (unpaired) electrons. The number of nitrogens with one attached hydrogen (secondary N) is 1. The van der Waals surface area contributed by atoms with E-state index >= 15 is 0 Å². The van der Waals surface area contributed by atoms with E-state index in [9.17, 15) is 4.39 Å². The molecule has 114 valence electrons. The first-order valence-electron chi connectivity index (χ1n) is 7.32. The molecule has 0 fully saturated rings. The molecule has 0 saturated heterocycles. The maximum atomic E-state index is 13.1. The number of aliphatic hydroxyl groups is 1. The van der Waals surface area contributed by atoms with Gasteiger partial charge in [-0.3, -0.25) is 0 Å². The van der Waals surface area contributed by atoms with Gasteiger partial charge in [-0.15, -0.1) is 0 Å². The monoisotopic (exact) mass is 299 g/mol. The van der Waals surface area contributed by atoms with E-state index in [4.69, 9.17) is 9.52 Å². The first-order valence-corrected chi connectivity index (χ1v) is 7.32. The SMILES string of the molecule is OCc1ccc(CCNCc2cc3cc(F)ccc3o2)cc1. The molecular weight excluding hydrogens is 281 g/mol. The van der Waals surface area contributed by atoms with Crippen molar-refractivity contribution in [3.05, 3.63) is 71.2 Å². The Kier molecular flexibility index (Phi) is 4.51. The summed E-state index contributed by atoms with van der Waals surface area (Å²) in [6, 6.07) is 14.3. The van der Waals surface area contributed by atoms with Crippen LogP contribution >= 0.6 is 0 Å². The number of benzene rings is 2. The van der Waals surface area contributed by atoms with Gasteiger partial charge in [-0.05, 0) is 48.4 Å². The molecule has 3 aromatic rings. The molecule has 3 rings (SSSR count). The first-order chi connectivity index (χ1) is 10.7. The molecule has 0 atom stereocenters. The molecule has 0 aliphatic carbocycles. The Morgan fingerprint density at radius 2 is 1.77 bits per heavy atom. The van der Waals surface area contributed by atoms with Crippen molar-refractivity contribution in [1.29, 1.82) is 0 Å². The molecule has 0 bridgehead atoms. The van der Waals surface area contributed by atoms with Gasteiger partial charge in [0.2, 0.25) is 0 Å². The smallest absolute Gasteiger partial charge is 0.134 e. The van der Waals surface area contributed by atoms with Gasteiger partial charge in [-0.1, -0.05) is 24.3 Å². The molecule has 2 aromatic carbocycles. The van der Waals surface area contributed by atoms with Crippen molar-refractivity contribution in [2.45, 2.75) is 19.6 Å². The highest BCUT2D eigenvalue weighted by atomic mass is 19.1. The Hall–Kier alpha value is -2.17. The van der Waals surface area contributed by atoms with E-state index in [-0.39, 0.29) is 12.4 Å². The molecule has 4 heteroatoms. The Bertz CT molecular complexity index is 749. The van der Waals surface area contributed by atoms with Crippen LogP contribution in [0.4, 0.5) is 4.39 Å². The average Bonchev–Trinajstić information content (AvgIpc) is 2.94. The van der Waals surface area contributed by atoms with Crippen LogP contribution in [0.1, 0.15) is 16.9 Å². The Labute approximate surface area is 128 Å². The van der Waals surface area contributed by atoms with Gasteiger partial charge < -0.3 is 14.8 Å². The number of aliphatic hydroxyl groups excluding tert-OH is 1. The fraction of sp³-hybridized carbons (Fsp3) is 0.222. The van der Waals surface area contributed by atoms with E-state index < -0.39 is 0 Å². The molecule has 0 saturated carbocycles. The summed E-state index contributed by atoms with van der Waals surface area (Å²) in [7, 11) is 0. The minimum atomic E-state index is -0.251. The second-order valence-electron chi connectivity index (χ2n) is 5.30. The molecule has 0 spiro atoms. The fourth-order valence-electron chi connectivity index (χ4n) is 2.41. The van der Waals surface area contributed by atoms with Crippen molar-refractivity contribution < 1.29 is 13.9 Å². The lowest BCUT2D eigenvalue weighted by atomic mass is 10.1. The van der Waals surface area contributed by atoms with E-state index in [1.54, 1.807) is 6.07 Å². The second-order valence-corrected chi connectivity index (χ2v) is 5.30. The summed E-state index contributed by atoms with van der Waals surface area (Å²) in [5.41, 5.74) is 2.85. The molecule has 1 aromatic heterocycles. The molecule has 0 aliphatic rings. The van der Waals surface area contributed by atoms with Crippen LogP contribution in [0.3, 0.4) is 0 Å². The lowest BCUT2D eigenvalue weighted by Gasteiger charge is -2.04. The largest absolute Gasteiger partial charge is 0.460 e. The highest BCUT2D eigenvalue weighted by Crippen LogP contribution is 2.20. The van der Waals surface area contributed by atoms with Gasteiger partial charge in [-0.25, -0.2) is 4.39 Å². The third-order valence-corrected chi connectivity index (χ3v) is 3.62. The number of halogens is 1. The molecular formula is C18H18FNO2. The van der Waals surface area contributed by atoms with Crippen LogP contribution in [-0.4, -0.2) is 11.7 Å². The van der Waals surface area contributed by atoms with E-state index in [2.05, 4.69) is 5.32 Å². The minimum Gasteiger partial charge on any atom is -0.460 e. The van der Waals surface area contributed by atoms with Crippen molar-refractivity contribution >= 4 is 11.0 Å². The third kappa shape index (κ3) is 3.53. The quantitative estimate of drug-likeness (QED) is 0.686. The maximum Gasteiger partial charge on any atom is 0.134 e. The maximum absolute atomic E-state index is 13.1. The topological polar surface area (TPSA) is 45.4 Å². The van der Waals surface area contributed by atoms with E-state index in [1.165, 1.54) is 17.7 Å². The Morgan fingerprint density at radius 3 is 2.55 bits per heavy atom. The van der Waals surface area contributed by atoms with Crippen molar-refractivity contribution in [1.82, 2.24) is 5.32 Å². The summed E-state index contributed by atoms with van der Waals surface area (Å²) in [6.07, 6.45) is 0.903. The molecule has 1 heterocycles. The molecule has 22 heavy (non-hydrogen) atoms. The van der Waals surface area contributed by atoms with E-state index in [1.807, 2.05) is 30.3 Å². The number of hydrogen-bond acceptors (Lipinski definition) is 3. The summed E-state index contributed by atoms with van der Waals surface area (Å²) >= 11 is 0. The first kappa shape index (κ1) is 14.8. The van der Waals surface area contributed by atoms with Crippen LogP contribution in [0.15, 0.2) is 52.9 Å². The number of fused-ring (bicyclic) bond motifs is 1. The van der Waals surface area contributed by atoms with E-state index in [0.29, 0.717) is 12.1 Å². The van der Waals surface area contributed by atoms with Gasteiger partial charge in [0.1, 0.15) is 17.2 Å². The summed E-state index contributed by atoms with van der Waals surface area (Å²) < 4.78 is 18.8. The predicted molar refractivity (Wildman–Crippen MR) is 83.9 cm³/mol.